The summed E-state index contributed by atoms with van der Waals surface area (Å²) < 4.78 is 6.31. The normalized spacial score (nSPS) is 16.9. The Balaban J connectivity index is 1.14. The number of fused-ring (bicyclic) bond motifs is 5. The molecular formula is C42H31N3O. The maximum atomic E-state index is 6.31. The minimum atomic E-state index is 0.0655. The molecule has 4 nitrogen and oxygen atoms in total. The summed E-state index contributed by atoms with van der Waals surface area (Å²) in [6, 6.07) is 38.3. The Kier molecular flexibility index (Phi) is 6.27. The van der Waals surface area contributed by atoms with Crippen LogP contribution < -0.4 is 0 Å². The molecule has 220 valence electrons. The molecule has 0 saturated heterocycles. The monoisotopic (exact) mass is 593 g/mol. The fourth-order valence-corrected chi connectivity index (χ4v) is 6.94. The quantitative estimate of drug-likeness (QED) is 0.204. The number of hydrogen-bond donors (Lipinski definition) is 0. The number of hydrogen-bond acceptors (Lipinski definition) is 4. The number of nitrogens with zero attached hydrogens (tertiary/aromatic N) is 3. The van der Waals surface area contributed by atoms with Gasteiger partial charge in [0.25, 0.3) is 0 Å². The molecule has 2 atom stereocenters. The first-order chi connectivity index (χ1) is 22.7. The Morgan fingerprint density at radius 3 is 2.28 bits per heavy atom. The second-order valence-corrected chi connectivity index (χ2v) is 12.5. The van der Waals surface area contributed by atoms with E-state index in [0.29, 0.717) is 17.6 Å². The molecule has 2 aliphatic carbocycles. The third-order valence-corrected chi connectivity index (χ3v) is 9.38. The van der Waals surface area contributed by atoms with Crippen LogP contribution in [0.1, 0.15) is 41.1 Å². The molecule has 0 spiro atoms. The van der Waals surface area contributed by atoms with Crippen LogP contribution in [0.15, 0.2) is 126 Å². The van der Waals surface area contributed by atoms with Crippen LogP contribution in [0, 0.1) is 5.92 Å². The highest BCUT2D eigenvalue weighted by molar-refractivity contribution is 6.01. The summed E-state index contributed by atoms with van der Waals surface area (Å²) in [5.74, 6) is 3.79. The number of allylic oxidation sites excluding steroid dienone is 2. The molecule has 0 aliphatic heterocycles. The Morgan fingerprint density at radius 1 is 0.630 bits per heavy atom. The second kappa shape index (κ2) is 10.8. The van der Waals surface area contributed by atoms with E-state index >= 15 is 0 Å². The number of aromatic nitrogens is 3. The van der Waals surface area contributed by atoms with Gasteiger partial charge in [-0.2, -0.15) is 0 Å². The van der Waals surface area contributed by atoms with Crippen LogP contribution in [0.5, 0.6) is 0 Å². The molecular weight excluding hydrogens is 562 g/mol. The van der Waals surface area contributed by atoms with Gasteiger partial charge in [-0.3, -0.25) is 0 Å². The lowest BCUT2D eigenvalue weighted by molar-refractivity contribution is 0.513. The van der Waals surface area contributed by atoms with Crippen LogP contribution in [0.2, 0.25) is 0 Å². The summed E-state index contributed by atoms with van der Waals surface area (Å²) >= 11 is 0. The summed E-state index contributed by atoms with van der Waals surface area (Å²) in [5.41, 5.74) is 8.98. The minimum absolute atomic E-state index is 0.0655. The van der Waals surface area contributed by atoms with Gasteiger partial charge >= 0.3 is 0 Å². The minimum Gasteiger partial charge on any atom is -0.460 e. The first kappa shape index (κ1) is 26.8. The molecule has 2 aromatic heterocycles. The van der Waals surface area contributed by atoms with Gasteiger partial charge in [-0.25, -0.2) is 15.0 Å². The zero-order valence-corrected chi connectivity index (χ0v) is 25.5. The van der Waals surface area contributed by atoms with Crippen molar-refractivity contribution < 1.29 is 4.42 Å². The molecule has 2 heterocycles. The van der Waals surface area contributed by atoms with E-state index in [-0.39, 0.29) is 5.92 Å². The van der Waals surface area contributed by atoms with Gasteiger partial charge in [0, 0.05) is 34.4 Å². The lowest BCUT2D eigenvalue weighted by atomic mass is 9.89. The van der Waals surface area contributed by atoms with E-state index in [0.717, 1.165) is 46.7 Å². The molecule has 7 aromatic rings. The maximum Gasteiger partial charge on any atom is 0.163 e. The van der Waals surface area contributed by atoms with Crippen molar-refractivity contribution in [2.45, 2.75) is 25.7 Å². The summed E-state index contributed by atoms with van der Waals surface area (Å²) in [6.07, 6.45) is 10.7. The van der Waals surface area contributed by atoms with Gasteiger partial charge in [-0.1, -0.05) is 128 Å². The van der Waals surface area contributed by atoms with E-state index < -0.39 is 0 Å². The molecule has 46 heavy (non-hydrogen) atoms. The van der Waals surface area contributed by atoms with Crippen molar-refractivity contribution in [3.05, 3.63) is 150 Å². The Hall–Kier alpha value is -5.61. The van der Waals surface area contributed by atoms with E-state index in [9.17, 15) is 0 Å². The number of benzene rings is 5. The van der Waals surface area contributed by atoms with Crippen molar-refractivity contribution >= 4 is 33.9 Å². The first-order valence-corrected chi connectivity index (χ1v) is 16.0. The van der Waals surface area contributed by atoms with Crippen LogP contribution in [-0.4, -0.2) is 15.0 Å². The van der Waals surface area contributed by atoms with E-state index in [1.165, 1.54) is 38.4 Å². The Labute approximate surface area is 267 Å². The highest BCUT2D eigenvalue weighted by atomic mass is 16.3. The van der Waals surface area contributed by atoms with Crippen molar-refractivity contribution in [3.8, 4) is 33.9 Å². The molecule has 5 aromatic carbocycles. The molecule has 0 N–H and O–H groups in total. The zero-order chi connectivity index (χ0) is 30.6. The molecule has 9 rings (SSSR count). The van der Waals surface area contributed by atoms with Gasteiger partial charge in [-0.15, -0.1) is 0 Å². The van der Waals surface area contributed by atoms with Crippen LogP contribution in [-0.2, 0) is 12.8 Å². The average Bonchev–Trinajstić information content (AvgIpc) is 3.49. The summed E-state index contributed by atoms with van der Waals surface area (Å²) in [4.78, 5) is 15.2. The average molecular weight is 594 g/mol. The SMILES string of the molecule is CC1C=Cc2c(oc3cccc(-c4ccc(-c5nc(-c6ccc7ccccc7c6)nc(C6C=Cc7ccccc7C6)n5)cc4)c23)C1. The smallest absolute Gasteiger partial charge is 0.163 e. The van der Waals surface area contributed by atoms with Crippen molar-refractivity contribution in [3.63, 3.8) is 0 Å². The first-order valence-electron chi connectivity index (χ1n) is 16.0. The largest absolute Gasteiger partial charge is 0.460 e. The summed E-state index contributed by atoms with van der Waals surface area (Å²) in [7, 11) is 0. The van der Waals surface area contributed by atoms with Gasteiger partial charge in [0.15, 0.2) is 11.6 Å². The van der Waals surface area contributed by atoms with E-state index in [2.05, 4.69) is 140 Å². The predicted molar refractivity (Wildman–Crippen MR) is 187 cm³/mol. The maximum absolute atomic E-state index is 6.31. The van der Waals surface area contributed by atoms with Crippen LogP contribution in [0.3, 0.4) is 0 Å². The molecule has 0 amide bonds. The van der Waals surface area contributed by atoms with E-state index in [1.54, 1.807) is 0 Å². The third-order valence-electron chi connectivity index (χ3n) is 9.38. The van der Waals surface area contributed by atoms with Crippen LogP contribution in [0.4, 0.5) is 0 Å². The lowest BCUT2D eigenvalue weighted by Gasteiger charge is -2.19. The Morgan fingerprint density at radius 2 is 1.39 bits per heavy atom. The summed E-state index contributed by atoms with van der Waals surface area (Å²) in [5, 5.41) is 3.54. The fraction of sp³-hybridized carbons (Fsp3) is 0.119. The molecule has 4 heteroatoms. The second-order valence-electron chi connectivity index (χ2n) is 12.5. The third kappa shape index (κ3) is 4.65. The van der Waals surface area contributed by atoms with Gasteiger partial charge in [-0.05, 0) is 57.5 Å². The van der Waals surface area contributed by atoms with E-state index in [1.807, 2.05) is 0 Å². The van der Waals surface area contributed by atoms with Gasteiger partial charge < -0.3 is 4.42 Å². The molecule has 2 unspecified atom stereocenters. The van der Waals surface area contributed by atoms with Crippen molar-refractivity contribution in [1.82, 2.24) is 15.0 Å². The topological polar surface area (TPSA) is 51.8 Å². The fourth-order valence-electron chi connectivity index (χ4n) is 6.94. The van der Waals surface area contributed by atoms with Crippen LogP contribution in [0.25, 0.3) is 67.8 Å². The summed E-state index contributed by atoms with van der Waals surface area (Å²) in [6.45, 7) is 2.23. The van der Waals surface area contributed by atoms with E-state index in [4.69, 9.17) is 19.4 Å². The molecule has 2 aliphatic rings. The lowest BCUT2D eigenvalue weighted by Crippen LogP contribution is -2.12. The van der Waals surface area contributed by atoms with Gasteiger partial charge in [0.2, 0.25) is 0 Å². The zero-order valence-electron chi connectivity index (χ0n) is 25.5. The molecule has 0 saturated carbocycles. The van der Waals surface area contributed by atoms with Gasteiger partial charge in [0.05, 0.1) is 0 Å². The highest BCUT2D eigenvalue weighted by Gasteiger charge is 2.22. The van der Waals surface area contributed by atoms with Gasteiger partial charge in [0.1, 0.15) is 17.2 Å². The number of furan rings is 1. The predicted octanol–water partition coefficient (Wildman–Crippen LogP) is 10.3. The standard InChI is InChI=1S/C42H31N3O/c1-26-13-22-36-38(23-26)46-37-12-6-11-35(39(36)37)29-16-18-30(19-17-29)40-43-41(33-20-14-27-7-2-4-9-31(27)24-33)45-42(44-40)34-21-15-28-8-3-5-10-32(28)25-34/h2-22,24,26,34H,23,25H2,1H3. The molecule has 0 radical (unpaired) electrons. The number of rotatable bonds is 4. The van der Waals surface area contributed by atoms with Crippen molar-refractivity contribution in [2.24, 2.45) is 5.92 Å². The Bertz CT molecular complexity index is 2340. The molecule has 0 fully saturated rings. The van der Waals surface area contributed by atoms with Crippen molar-refractivity contribution in [2.75, 3.05) is 0 Å². The van der Waals surface area contributed by atoms with Crippen molar-refractivity contribution in [1.29, 1.82) is 0 Å². The highest BCUT2D eigenvalue weighted by Crippen LogP contribution is 2.39. The molecule has 0 bridgehead atoms. The van der Waals surface area contributed by atoms with Crippen LogP contribution >= 0.6 is 0 Å².